The molecule has 0 radical (unpaired) electrons. The predicted molar refractivity (Wildman–Crippen MR) is 80.9 cm³/mol. The number of hydrogen-bond acceptors (Lipinski definition) is 4. The molecule has 0 spiro atoms. The first kappa shape index (κ1) is 16.6. The van der Waals surface area contributed by atoms with Gasteiger partial charge in [-0.2, -0.15) is 0 Å². The summed E-state index contributed by atoms with van der Waals surface area (Å²) in [7, 11) is 0. The third-order valence-electron chi connectivity index (χ3n) is 3.37. The van der Waals surface area contributed by atoms with Gasteiger partial charge < -0.3 is 5.32 Å². The lowest BCUT2D eigenvalue weighted by atomic mass is 9.83. The summed E-state index contributed by atoms with van der Waals surface area (Å²) in [5.74, 6) is 0. The monoisotopic (exact) mass is 279 g/mol. The molecule has 0 aromatic carbocycles. The number of rotatable bonds is 6. The van der Waals surface area contributed by atoms with Crippen LogP contribution in [0.15, 0.2) is 12.1 Å². The molecule has 112 valence electrons. The zero-order valence-corrected chi connectivity index (χ0v) is 13.1. The zero-order chi connectivity index (χ0) is 15.3. The average Bonchev–Trinajstić information content (AvgIpc) is 2.32. The van der Waals surface area contributed by atoms with Crippen molar-refractivity contribution in [2.75, 3.05) is 6.54 Å². The maximum atomic E-state index is 11.1. The van der Waals surface area contributed by atoms with Crippen LogP contribution in [-0.2, 0) is 6.42 Å². The summed E-state index contributed by atoms with van der Waals surface area (Å²) in [6.45, 7) is 11.3. The van der Waals surface area contributed by atoms with Gasteiger partial charge in [-0.25, -0.2) is 0 Å². The standard InChI is InChI=1S/C15H25N3O2/c1-6-9-16-14(15(3,4)5)10-12-13(18(19)20)8-7-11(2)17-12/h7-8,14,16H,6,9-10H2,1-5H3. The molecular formula is C15H25N3O2. The van der Waals surface area contributed by atoms with Crippen LogP contribution in [0.5, 0.6) is 0 Å². The minimum Gasteiger partial charge on any atom is -0.313 e. The second-order valence-corrected chi connectivity index (χ2v) is 6.25. The SMILES string of the molecule is CCCNC(Cc1nc(C)ccc1[N+](=O)[O-])C(C)(C)C. The van der Waals surface area contributed by atoms with Gasteiger partial charge >= 0.3 is 0 Å². The minimum atomic E-state index is -0.346. The van der Waals surface area contributed by atoms with Crippen LogP contribution in [0.3, 0.4) is 0 Å². The molecule has 1 atom stereocenters. The molecule has 1 aromatic rings. The summed E-state index contributed by atoms with van der Waals surface area (Å²) in [6, 6.07) is 3.40. The van der Waals surface area contributed by atoms with Crippen LogP contribution >= 0.6 is 0 Å². The number of aryl methyl sites for hydroxylation is 1. The Bertz CT molecular complexity index is 467. The van der Waals surface area contributed by atoms with Crippen LogP contribution in [0.25, 0.3) is 0 Å². The van der Waals surface area contributed by atoms with Gasteiger partial charge in [0.25, 0.3) is 5.69 Å². The molecule has 5 nitrogen and oxygen atoms in total. The van der Waals surface area contributed by atoms with Gasteiger partial charge in [0.2, 0.25) is 0 Å². The van der Waals surface area contributed by atoms with Crippen molar-refractivity contribution in [1.29, 1.82) is 0 Å². The molecular weight excluding hydrogens is 254 g/mol. The first-order valence-corrected chi connectivity index (χ1v) is 7.10. The van der Waals surface area contributed by atoms with Crippen LogP contribution in [0.4, 0.5) is 5.69 Å². The molecule has 0 amide bonds. The molecule has 1 aromatic heterocycles. The summed E-state index contributed by atoms with van der Waals surface area (Å²) in [6.07, 6.45) is 1.61. The van der Waals surface area contributed by atoms with Crippen LogP contribution in [0.2, 0.25) is 0 Å². The van der Waals surface area contributed by atoms with E-state index in [4.69, 9.17) is 0 Å². The summed E-state index contributed by atoms with van der Waals surface area (Å²) >= 11 is 0. The first-order chi connectivity index (χ1) is 9.25. The van der Waals surface area contributed by atoms with E-state index in [-0.39, 0.29) is 22.1 Å². The van der Waals surface area contributed by atoms with Crippen LogP contribution < -0.4 is 5.32 Å². The number of aromatic nitrogens is 1. The summed E-state index contributed by atoms with van der Waals surface area (Å²) < 4.78 is 0. The summed E-state index contributed by atoms with van der Waals surface area (Å²) in [5.41, 5.74) is 1.52. The molecule has 1 heterocycles. The van der Waals surface area contributed by atoms with E-state index in [2.05, 4.69) is 38.0 Å². The Kier molecular flexibility index (Phi) is 5.62. The van der Waals surface area contributed by atoms with E-state index in [0.29, 0.717) is 12.1 Å². The smallest absolute Gasteiger partial charge is 0.290 e. The number of hydrogen-bond donors (Lipinski definition) is 1. The Balaban J connectivity index is 3.03. The van der Waals surface area contributed by atoms with Crippen molar-refractivity contribution < 1.29 is 4.92 Å². The fraction of sp³-hybridized carbons (Fsp3) is 0.667. The lowest BCUT2D eigenvalue weighted by Crippen LogP contribution is -2.42. The van der Waals surface area contributed by atoms with Gasteiger partial charge in [-0.1, -0.05) is 27.7 Å². The topological polar surface area (TPSA) is 68.1 Å². The molecule has 1 unspecified atom stereocenters. The molecule has 0 bridgehead atoms. The van der Waals surface area contributed by atoms with Gasteiger partial charge in [0.15, 0.2) is 0 Å². The van der Waals surface area contributed by atoms with E-state index in [1.165, 1.54) is 0 Å². The fourth-order valence-corrected chi connectivity index (χ4v) is 2.12. The Morgan fingerprint density at radius 3 is 2.55 bits per heavy atom. The number of nitro groups is 1. The molecule has 1 rings (SSSR count). The quantitative estimate of drug-likeness (QED) is 0.641. The molecule has 0 aliphatic carbocycles. The van der Waals surface area contributed by atoms with E-state index in [9.17, 15) is 10.1 Å². The van der Waals surface area contributed by atoms with E-state index in [0.717, 1.165) is 18.7 Å². The van der Waals surface area contributed by atoms with Crippen molar-refractivity contribution in [1.82, 2.24) is 10.3 Å². The van der Waals surface area contributed by atoms with Gasteiger partial charge in [-0.15, -0.1) is 0 Å². The predicted octanol–water partition coefficient (Wildman–Crippen LogP) is 3.26. The second-order valence-electron chi connectivity index (χ2n) is 6.25. The molecule has 0 fully saturated rings. The van der Waals surface area contributed by atoms with E-state index in [1.54, 1.807) is 12.1 Å². The summed E-state index contributed by atoms with van der Waals surface area (Å²) in [4.78, 5) is 15.2. The van der Waals surface area contributed by atoms with Crippen LogP contribution in [-0.4, -0.2) is 22.5 Å². The zero-order valence-electron chi connectivity index (χ0n) is 13.1. The van der Waals surface area contributed by atoms with Gasteiger partial charge in [0, 0.05) is 24.2 Å². The minimum absolute atomic E-state index is 0.0223. The highest BCUT2D eigenvalue weighted by molar-refractivity contribution is 5.36. The lowest BCUT2D eigenvalue weighted by molar-refractivity contribution is -0.386. The van der Waals surface area contributed by atoms with Gasteiger partial charge in [-0.3, -0.25) is 15.1 Å². The van der Waals surface area contributed by atoms with Crippen molar-refractivity contribution in [2.45, 2.75) is 53.5 Å². The van der Waals surface area contributed by atoms with E-state index < -0.39 is 0 Å². The van der Waals surface area contributed by atoms with Gasteiger partial charge in [0.1, 0.15) is 5.69 Å². The largest absolute Gasteiger partial charge is 0.313 e. The highest BCUT2D eigenvalue weighted by Gasteiger charge is 2.27. The maximum absolute atomic E-state index is 11.1. The van der Waals surface area contributed by atoms with Gasteiger partial charge in [-0.05, 0) is 31.4 Å². The van der Waals surface area contributed by atoms with E-state index in [1.807, 2.05) is 6.92 Å². The Morgan fingerprint density at radius 1 is 1.40 bits per heavy atom. The molecule has 20 heavy (non-hydrogen) atoms. The molecule has 0 saturated carbocycles. The molecule has 0 aliphatic rings. The number of nitrogens with zero attached hydrogens (tertiary/aromatic N) is 2. The highest BCUT2D eigenvalue weighted by atomic mass is 16.6. The highest BCUT2D eigenvalue weighted by Crippen LogP contribution is 2.26. The third kappa shape index (κ3) is 4.56. The third-order valence-corrected chi connectivity index (χ3v) is 3.37. The van der Waals surface area contributed by atoms with Crippen molar-refractivity contribution in [3.05, 3.63) is 33.6 Å². The Morgan fingerprint density at radius 2 is 2.05 bits per heavy atom. The molecule has 1 N–H and O–H groups in total. The average molecular weight is 279 g/mol. The lowest BCUT2D eigenvalue weighted by Gasteiger charge is -2.31. The van der Waals surface area contributed by atoms with Crippen molar-refractivity contribution in [2.24, 2.45) is 5.41 Å². The fourth-order valence-electron chi connectivity index (χ4n) is 2.12. The van der Waals surface area contributed by atoms with Crippen LogP contribution in [0, 0.1) is 22.5 Å². The number of nitrogens with one attached hydrogen (secondary N) is 1. The van der Waals surface area contributed by atoms with Crippen molar-refractivity contribution in [3.8, 4) is 0 Å². The number of pyridine rings is 1. The van der Waals surface area contributed by atoms with Crippen molar-refractivity contribution in [3.63, 3.8) is 0 Å². The van der Waals surface area contributed by atoms with Crippen molar-refractivity contribution >= 4 is 5.69 Å². The normalized spacial score (nSPS) is 13.2. The van der Waals surface area contributed by atoms with E-state index >= 15 is 0 Å². The van der Waals surface area contributed by atoms with Crippen LogP contribution in [0.1, 0.15) is 45.5 Å². The Hall–Kier alpha value is -1.49. The second kappa shape index (κ2) is 6.79. The summed E-state index contributed by atoms with van der Waals surface area (Å²) in [5, 5.41) is 14.6. The van der Waals surface area contributed by atoms with Gasteiger partial charge in [0.05, 0.1) is 4.92 Å². The molecule has 5 heteroatoms. The molecule has 0 aliphatic heterocycles. The Labute approximate surface area is 121 Å². The first-order valence-electron chi connectivity index (χ1n) is 7.10. The molecule has 0 saturated heterocycles. The maximum Gasteiger partial charge on any atom is 0.290 e.